The highest BCUT2D eigenvalue weighted by Gasteiger charge is 2.29. The molecular formula is C14H20FNO. The van der Waals surface area contributed by atoms with E-state index >= 15 is 0 Å². The van der Waals surface area contributed by atoms with Gasteiger partial charge < -0.3 is 5.11 Å². The molecule has 2 nitrogen and oxygen atoms in total. The van der Waals surface area contributed by atoms with Crippen molar-refractivity contribution in [1.82, 2.24) is 4.90 Å². The van der Waals surface area contributed by atoms with Crippen LogP contribution in [0.4, 0.5) is 4.39 Å². The summed E-state index contributed by atoms with van der Waals surface area (Å²) in [5.74, 6) is -0.186. The molecule has 94 valence electrons. The third-order valence-corrected chi connectivity index (χ3v) is 3.25. The van der Waals surface area contributed by atoms with E-state index in [0.29, 0.717) is 12.6 Å². The zero-order valence-corrected chi connectivity index (χ0v) is 10.3. The third-order valence-electron chi connectivity index (χ3n) is 3.25. The van der Waals surface area contributed by atoms with Crippen molar-refractivity contribution >= 4 is 0 Å². The van der Waals surface area contributed by atoms with Gasteiger partial charge in [0.2, 0.25) is 0 Å². The largest absolute Gasteiger partial charge is 0.392 e. The van der Waals surface area contributed by atoms with Gasteiger partial charge in [-0.1, -0.05) is 19.1 Å². The molecule has 3 heteroatoms. The van der Waals surface area contributed by atoms with E-state index in [0.717, 1.165) is 18.5 Å². The predicted molar refractivity (Wildman–Crippen MR) is 66.1 cm³/mol. The van der Waals surface area contributed by atoms with Crippen LogP contribution in [0.3, 0.4) is 0 Å². The summed E-state index contributed by atoms with van der Waals surface area (Å²) in [4.78, 5) is 2.27. The Labute approximate surface area is 102 Å². The van der Waals surface area contributed by atoms with Crippen molar-refractivity contribution in [3.8, 4) is 0 Å². The molecule has 1 aromatic rings. The van der Waals surface area contributed by atoms with E-state index in [2.05, 4.69) is 4.90 Å². The number of aliphatic hydroxyl groups excluding tert-OH is 1. The highest BCUT2D eigenvalue weighted by Crippen LogP contribution is 2.28. The Balaban J connectivity index is 1.97. The molecule has 0 radical (unpaired) electrons. The maximum atomic E-state index is 13.1. The van der Waals surface area contributed by atoms with Crippen LogP contribution >= 0.6 is 0 Å². The molecule has 2 rings (SSSR count). The van der Waals surface area contributed by atoms with E-state index in [-0.39, 0.29) is 11.9 Å². The van der Waals surface area contributed by atoms with Crippen LogP contribution in [-0.4, -0.2) is 28.7 Å². The molecule has 1 saturated carbocycles. The smallest absolute Gasteiger partial charge is 0.123 e. The molecule has 1 fully saturated rings. The van der Waals surface area contributed by atoms with Crippen LogP contribution in [0, 0.1) is 5.82 Å². The normalized spacial score (nSPS) is 17.4. The van der Waals surface area contributed by atoms with Crippen LogP contribution < -0.4 is 0 Å². The monoisotopic (exact) mass is 237 g/mol. The second-order valence-corrected chi connectivity index (χ2v) is 4.85. The molecule has 17 heavy (non-hydrogen) atoms. The average Bonchev–Trinajstić information content (AvgIpc) is 3.12. The Morgan fingerprint density at radius 1 is 1.47 bits per heavy atom. The van der Waals surface area contributed by atoms with Gasteiger partial charge in [-0.25, -0.2) is 4.39 Å². The first kappa shape index (κ1) is 12.5. The summed E-state index contributed by atoms with van der Waals surface area (Å²) < 4.78 is 13.1. The SMILES string of the molecule is CCC(O)CN(Cc1cccc(F)c1)C1CC1. The third kappa shape index (κ3) is 3.79. The van der Waals surface area contributed by atoms with Gasteiger partial charge in [-0.2, -0.15) is 0 Å². The fourth-order valence-electron chi connectivity index (χ4n) is 2.05. The summed E-state index contributed by atoms with van der Waals surface area (Å²) in [6, 6.07) is 7.31. The van der Waals surface area contributed by atoms with Crippen LogP contribution in [0.25, 0.3) is 0 Å². The Morgan fingerprint density at radius 2 is 2.24 bits per heavy atom. The van der Waals surface area contributed by atoms with Crippen molar-refractivity contribution in [2.45, 2.75) is 44.9 Å². The fraction of sp³-hybridized carbons (Fsp3) is 0.571. The van der Waals surface area contributed by atoms with Gasteiger partial charge in [0.1, 0.15) is 5.82 Å². The molecule has 1 aliphatic carbocycles. The lowest BCUT2D eigenvalue weighted by atomic mass is 10.2. The van der Waals surface area contributed by atoms with Crippen molar-refractivity contribution < 1.29 is 9.50 Å². The molecule has 1 N–H and O–H groups in total. The van der Waals surface area contributed by atoms with Gasteiger partial charge in [0.15, 0.2) is 0 Å². The summed E-state index contributed by atoms with van der Waals surface area (Å²) in [7, 11) is 0. The van der Waals surface area contributed by atoms with Crippen LogP contribution in [0.2, 0.25) is 0 Å². The van der Waals surface area contributed by atoms with Gasteiger partial charge in [-0.05, 0) is 37.0 Å². The van der Waals surface area contributed by atoms with Crippen molar-refractivity contribution in [2.24, 2.45) is 0 Å². The van der Waals surface area contributed by atoms with Gasteiger partial charge >= 0.3 is 0 Å². The van der Waals surface area contributed by atoms with E-state index in [1.54, 1.807) is 12.1 Å². The number of aliphatic hydroxyl groups is 1. The zero-order chi connectivity index (χ0) is 12.3. The maximum Gasteiger partial charge on any atom is 0.123 e. The summed E-state index contributed by atoms with van der Waals surface area (Å²) in [5, 5.41) is 9.72. The number of hydrogen-bond donors (Lipinski definition) is 1. The Morgan fingerprint density at radius 3 is 2.82 bits per heavy atom. The van der Waals surface area contributed by atoms with Gasteiger partial charge in [0.05, 0.1) is 6.10 Å². The minimum Gasteiger partial charge on any atom is -0.392 e. The summed E-state index contributed by atoms with van der Waals surface area (Å²) in [5.41, 5.74) is 0.986. The Bertz CT molecular complexity index is 365. The first-order valence-corrected chi connectivity index (χ1v) is 6.35. The fourth-order valence-corrected chi connectivity index (χ4v) is 2.05. The predicted octanol–water partition coefficient (Wildman–Crippen LogP) is 2.56. The molecule has 0 bridgehead atoms. The van der Waals surface area contributed by atoms with Crippen LogP contribution in [0.1, 0.15) is 31.7 Å². The molecule has 1 unspecified atom stereocenters. The Kier molecular flexibility index (Phi) is 4.13. The maximum absolute atomic E-state index is 13.1. The van der Waals surface area contributed by atoms with E-state index < -0.39 is 0 Å². The topological polar surface area (TPSA) is 23.5 Å². The molecule has 0 saturated heterocycles. The number of rotatable bonds is 6. The molecule has 0 spiro atoms. The van der Waals surface area contributed by atoms with Crippen molar-refractivity contribution in [1.29, 1.82) is 0 Å². The second-order valence-electron chi connectivity index (χ2n) is 4.85. The van der Waals surface area contributed by atoms with Gasteiger partial charge in [0.25, 0.3) is 0 Å². The second kappa shape index (κ2) is 5.61. The number of halogens is 1. The number of hydrogen-bond acceptors (Lipinski definition) is 2. The van der Waals surface area contributed by atoms with Crippen molar-refractivity contribution in [3.63, 3.8) is 0 Å². The van der Waals surface area contributed by atoms with Crippen molar-refractivity contribution in [3.05, 3.63) is 35.6 Å². The molecule has 0 aliphatic heterocycles. The zero-order valence-electron chi connectivity index (χ0n) is 10.3. The van der Waals surface area contributed by atoms with E-state index in [1.165, 1.54) is 18.9 Å². The summed E-state index contributed by atoms with van der Waals surface area (Å²) in [6.45, 7) is 3.41. The van der Waals surface area contributed by atoms with Crippen LogP contribution in [-0.2, 0) is 6.54 Å². The van der Waals surface area contributed by atoms with Crippen LogP contribution in [0.5, 0.6) is 0 Å². The van der Waals surface area contributed by atoms with Gasteiger partial charge in [-0.3, -0.25) is 4.90 Å². The van der Waals surface area contributed by atoms with E-state index in [1.807, 2.05) is 13.0 Å². The quantitative estimate of drug-likeness (QED) is 0.822. The molecular weight excluding hydrogens is 217 g/mol. The highest BCUT2D eigenvalue weighted by molar-refractivity contribution is 5.16. The average molecular weight is 237 g/mol. The molecule has 0 aromatic heterocycles. The van der Waals surface area contributed by atoms with Gasteiger partial charge in [-0.15, -0.1) is 0 Å². The molecule has 0 amide bonds. The standard InChI is InChI=1S/C14H20FNO/c1-2-14(17)10-16(13-6-7-13)9-11-4-3-5-12(15)8-11/h3-5,8,13-14,17H,2,6-7,9-10H2,1H3. The first-order chi connectivity index (χ1) is 8.19. The lowest BCUT2D eigenvalue weighted by Gasteiger charge is -2.24. The lowest BCUT2D eigenvalue weighted by molar-refractivity contribution is 0.101. The van der Waals surface area contributed by atoms with Crippen LogP contribution in [0.15, 0.2) is 24.3 Å². The number of benzene rings is 1. The Hall–Kier alpha value is -0.930. The lowest BCUT2D eigenvalue weighted by Crippen LogP contribution is -2.33. The summed E-state index contributed by atoms with van der Waals surface area (Å²) in [6.07, 6.45) is 2.90. The molecule has 1 aliphatic rings. The molecule has 0 heterocycles. The minimum absolute atomic E-state index is 0.186. The van der Waals surface area contributed by atoms with E-state index in [9.17, 15) is 9.50 Å². The highest BCUT2D eigenvalue weighted by atomic mass is 19.1. The molecule has 1 atom stereocenters. The van der Waals surface area contributed by atoms with Gasteiger partial charge in [0, 0.05) is 19.1 Å². The minimum atomic E-state index is -0.274. The summed E-state index contributed by atoms with van der Waals surface area (Å²) >= 11 is 0. The number of nitrogens with zero attached hydrogens (tertiary/aromatic N) is 1. The first-order valence-electron chi connectivity index (χ1n) is 6.35. The van der Waals surface area contributed by atoms with E-state index in [4.69, 9.17) is 0 Å². The van der Waals surface area contributed by atoms with Crippen molar-refractivity contribution in [2.75, 3.05) is 6.54 Å². The molecule has 1 aromatic carbocycles.